The number of halogens is 3. The molecule has 6 heteroatoms. The molecule has 0 aliphatic heterocycles. The lowest BCUT2D eigenvalue weighted by Crippen LogP contribution is -2.32. The summed E-state index contributed by atoms with van der Waals surface area (Å²) in [6.07, 6.45) is -0.136. The number of nitrogens with one attached hydrogen (secondary N) is 1. The van der Waals surface area contributed by atoms with Crippen LogP contribution in [0.5, 0.6) is 5.75 Å². The van der Waals surface area contributed by atoms with Gasteiger partial charge in [-0.15, -0.1) is 0 Å². The van der Waals surface area contributed by atoms with Crippen LogP contribution in [0.4, 0.5) is 5.69 Å². The number of benzene rings is 2. The number of anilines is 1. The van der Waals surface area contributed by atoms with Crippen molar-refractivity contribution in [3.05, 3.63) is 57.5 Å². The van der Waals surface area contributed by atoms with Gasteiger partial charge in [-0.1, -0.05) is 47.8 Å². The van der Waals surface area contributed by atoms with Crippen LogP contribution >= 0.6 is 34.8 Å². The second-order valence-electron chi connectivity index (χ2n) is 4.62. The third-order valence-corrected chi connectivity index (χ3v) is 3.54. The predicted molar refractivity (Wildman–Crippen MR) is 91.3 cm³/mol. The largest absolute Gasteiger partial charge is 0.481 e. The minimum atomic E-state index is -0.642. The number of ether oxygens (including phenoxy) is 1. The molecule has 2 aromatic carbocycles. The molecule has 0 bridgehead atoms. The van der Waals surface area contributed by atoms with E-state index < -0.39 is 6.10 Å². The molecule has 0 fully saturated rings. The van der Waals surface area contributed by atoms with Crippen LogP contribution in [0, 0.1) is 0 Å². The van der Waals surface area contributed by atoms with E-state index in [9.17, 15) is 4.79 Å². The normalized spacial score (nSPS) is 11.8. The molecule has 0 aliphatic rings. The molecule has 1 N–H and O–H groups in total. The molecule has 0 heterocycles. The molecule has 2 rings (SSSR count). The van der Waals surface area contributed by atoms with Crippen LogP contribution in [0.15, 0.2) is 42.5 Å². The Labute approximate surface area is 144 Å². The maximum absolute atomic E-state index is 12.3. The quantitative estimate of drug-likeness (QED) is 0.772. The minimum Gasteiger partial charge on any atom is -0.481 e. The van der Waals surface area contributed by atoms with Crippen molar-refractivity contribution in [2.24, 2.45) is 0 Å². The van der Waals surface area contributed by atoms with Crippen LogP contribution in [0.3, 0.4) is 0 Å². The molecule has 1 amide bonds. The molecular weight excluding hydrogens is 345 g/mol. The molecule has 0 radical (unpaired) electrons. The zero-order valence-corrected chi connectivity index (χ0v) is 14.0. The van der Waals surface area contributed by atoms with Crippen LogP contribution in [-0.2, 0) is 4.79 Å². The van der Waals surface area contributed by atoms with E-state index in [-0.39, 0.29) is 5.91 Å². The van der Waals surface area contributed by atoms with Gasteiger partial charge < -0.3 is 10.1 Å². The van der Waals surface area contributed by atoms with Gasteiger partial charge in [0.25, 0.3) is 5.91 Å². The number of hydrogen-bond donors (Lipinski definition) is 1. The van der Waals surface area contributed by atoms with E-state index in [1.54, 1.807) is 42.5 Å². The van der Waals surface area contributed by atoms with Crippen molar-refractivity contribution in [1.29, 1.82) is 0 Å². The summed E-state index contributed by atoms with van der Waals surface area (Å²) < 4.78 is 5.68. The average Bonchev–Trinajstić information content (AvgIpc) is 2.43. The number of hydrogen-bond acceptors (Lipinski definition) is 2. The predicted octanol–water partition coefficient (Wildman–Crippen LogP) is 5.44. The highest BCUT2D eigenvalue weighted by molar-refractivity contribution is 6.35. The van der Waals surface area contributed by atoms with E-state index in [0.29, 0.717) is 32.9 Å². The number of carbonyl (C=O) groups is 1. The molecule has 0 aliphatic carbocycles. The Morgan fingerprint density at radius 2 is 1.77 bits per heavy atom. The second kappa shape index (κ2) is 7.73. The molecule has 0 saturated carbocycles. The number of amides is 1. The molecule has 0 spiro atoms. The fourth-order valence-corrected chi connectivity index (χ4v) is 2.58. The minimum absolute atomic E-state index is 0.277. The van der Waals surface area contributed by atoms with Crippen molar-refractivity contribution in [2.75, 3.05) is 5.32 Å². The Morgan fingerprint density at radius 1 is 1.09 bits per heavy atom. The molecule has 2 aromatic rings. The van der Waals surface area contributed by atoms with E-state index >= 15 is 0 Å². The lowest BCUT2D eigenvalue weighted by Gasteiger charge is -2.17. The summed E-state index contributed by atoms with van der Waals surface area (Å²) in [4.78, 5) is 12.3. The molecule has 0 aromatic heterocycles. The van der Waals surface area contributed by atoms with Gasteiger partial charge in [0.15, 0.2) is 6.10 Å². The molecule has 0 saturated heterocycles. The first kappa shape index (κ1) is 16.9. The van der Waals surface area contributed by atoms with Gasteiger partial charge in [-0.05, 0) is 42.8 Å². The molecular formula is C16H14Cl3NO2. The van der Waals surface area contributed by atoms with E-state index in [4.69, 9.17) is 39.5 Å². The Bertz CT molecular complexity index is 656. The van der Waals surface area contributed by atoms with Crippen LogP contribution in [0.2, 0.25) is 15.1 Å². The van der Waals surface area contributed by atoms with Gasteiger partial charge in [-0.3, -0.25) is 4.79 Å². The topological polar surface area (TPSA) is 38.3 Å². The highest BCUT2D eigenvalue weighted by Gasteiger charge is 2.19. The van der Waals surface area contributed by atoms with E-state index in [0.717, 1.165) is 0 Å². The molecule has 1 atom stereocenters. The molecule has 3 nitrogen and oxygen atoms in total. The van der Waals surface area contributed by atoms with Gasteiger partial charge in [0.1, 0.15) is 5.75 Å². The first-order valence-corrected chi connectivity index (χ1v) is 7.80. The summed E-state index contributed by atoms with van der Waals surface area (Å²) >= 11 is 17.7. The second-order valence-corrected chi connectivity index (χ2v) is 5.93. The molecule has 116 valence electrons. The highest BCUT2D eigenvalue weighted by Crippen LogP contribution is 2.23. The Morgan fingerprint density at radius 3 is 2.36 bits per heavy atom. The summed E-state index contributed by atoms with van der Waals surface area (Å²) in [6, 6.07) is 11.8. The smallest absolute Gasteiger partial charge is 0.265 e. The zero-order valence-electron chi connectivity index (χ0n) is 11.8. The summed E-state index contributed by atoms with van der Waals surface area (Å²) in [6.45, 7) is 1.86. The lowest BCUT2D eigenvalue weighted by molar-refractivity contribution is -0.122. The van der Waals surface area contributed by atoms with Crippen molar-refractivity contribution in [1.82, 2.24) is 0 Å². The number of rotatable bonds is 5. The SMILES string of the molecule is CC[C@H](Oc1cccc(Cl)c1)C(=O)Nc1cc(Cl)cc(Cl)c1. The lowest BCUT2D eigenvalue weighted by atomic mass is 10.2. The van der Waals surface area contributed by atoms with Crippen molar-refractivity contribution < 1.29 is 9.53 Å². The summed E-state index contributed by atoms with van der Waals surface area (Å²) in [5, 5.41) is 4.20. The van der Waals surface area contributed by atoms with Crippen molar-refractivity contribution >= 4 is 46.4 Å². The van der Waals surface area contributed by atoms with Gasteiger partial charge in [-0.2, -0.15) is 0 Å². The van der Waals surface area contributed by atoms with Crippen molar-refractivity contribution in [3.63, 3.8) is 0 Å². The summed E-state index contributed by atoms with van der Waals surface area (Å²) in [5.41, 5.74) is 0.524. The Balaban J connectivity index is 2.08. The van der Waals surface area contributed by atoms with E-state index in [1.165, 1.54) is 0 Å². The van der Waals surface area contributed by atoms with E-state index in [1.807, 2.05) is 6.92 Å². The highest BCUT2D eigenvalue weighted by atomic mass is 35.5. The Hall–Kier alpha value is -1.42. The fourth-order valence-electron chi connectivity index (χ4n) is 1.88. The first-order chi connectivity index (χ1) is 10.5. The summed E-state index contributed by atoms with van der Waals surface area (Å²) in [7, 11) is 0. The van der Waals surface area contributed by atoms with Crippen molar-refractivity contribution in [2.45, 2.75) is 19.4 Å². The maximum Gasteiger partial charge on any atom is 0.265 e. The summed E-state index contributed by atoms with van der Waals surface area (Å²) in [5.74, 6) is 0.263. The zero-order chi connectivity index (χ0) is 16.1. The van der Waals surface area contributed by atoms with Gasteiger partial charge in [0.2, 0.25) is 0 Å². The molecule has 0 unspecified atom stereocenters. The van der Waals surface area contributed by atoms with Gasteiger partial charge in [0, 0.05) is 20.8 Å². The number of carbonyl (C=O) groups excluding carboxylic acids is 1. The molecule has 22 heavy (non-hydrogen) atoms. The standard InChI is InChI=1S/C16H14Cl3NO2/c1-2-15(22-14-5-3-4-10(17)9-14)16(21)20-13-7-11(18)6-12(19)8-13/h3-9,15H,2H2,1H3,(H,20,21)/t15-/m0/s1. The Kier molecular flexibility index (Phi) is 5.95. The van der Waals surface area contributed by atoms with Crippen LogP contribution in [0.25, 0.3) is 0 Å². The van der Waals surface area contributed by atoms with Crippen molar-refractivity contribution in [3.8, 4) is 5.75 Å². The van der Waals surface area contributed by atoms with Crippen LogP contribution < -0.4 is 10.1 Å². The third kappa shape index (κ3) is 4.80. The third-order valence-electron chi connectivity index (χ3n) is 2.87. The average molecular weight is 359 g/mol. The van der Waals surface area contributed by atoms with E-state index in [2.05, 4.69) is 5.32 Å². The van der Waals surface area contributed by atoms with Crippen LogP contribution in [-0.4, -0.2) is 12.0 Å². The van der Waals surface area contributed by atoms with Gasteiger partial charge in [-0.25, -0.2) is 0 Å². The van der Waals surface area contributed by atoms with Gasteiger partial charge >= 0.3 is 0 Å². The monoisotopic (exact) mass is 357 g/mol. The van der Waals surface area contributed by atoms with Gasteiger partial charge in [0.05, 0.1) is 0 Å². The maximum atomic E-state index is 12.3. The van der Waals surface area contributed by atoms with Crippen LogP contribution in [0.1, 0.15) is 13.3 Å². The fraction of sp³-hybridized carbons (Fsp3) is 0.188. The first-order valence-electron chi connectivity index (χ1n) is 6.67.